The molecule has 4 aliphatic rings. The summed E-state index contributed by atoms with van der Waals surface area (Å²) in [6.45, 7) is 11.5. The largest absolute Gasteiger partial charge is 0.450 e. The number of hydrogen-bond acceptors (Lipinski definition) is 10. The molecule has 2 bridgehead atoms. The number of benzene rings is 1. The number of nitrogens with zero attached hydrogens (tertiary/aromatic N) is 7. The summed E-state index contributed by atoms with van der Waals surface area (Å²) in [7, 11) is 0. The average molecular weight is 704 g/mol. The van der Waals surface area contributed by atoms with Crippen LogP contribution in [0.1, 0.15) is 72.3 Å². The van der Waals surface area contributed by atoms with Gasteiger partial charge in [-0.25, -0.2) is 29.0 Å². The lowest BCUT2D eigenvalue weighted by Crippen LogP contribution is -2.48. The first-order chi connectivity index (χ1) is 24.5. The zero-order valence-electron chi connectivity index (χ0n) is 30.0. The van der Waals surface area contributed by atoms with Gasteiger partial charge in [-0.05, 0) is 90.5 Å². The van der Waals surface area contributed by atoms with Crippen LogP contribution in [-0.4, -0.2) is 117 Å². The van der Waals surface area contributed by atoms with Crippen molar-refractivity contribution in [3.63, 3.8) is 0 Å². The number of ether oxygens (including phenoxy) is 3. The van der Waals surface area contributed by atoms with Crippen LogP contribution in [0.25, 0.3) is 22.4 Å². The molecule has 274 valence electrons. The van der Waals surface area contributed by atoms with Gasteiger partial charge >= 0.3 is 18.2 Å². The average Bonchev–Trinajstić information content (AvgIpc) is 3.69. The van der Waals surface area contributed by atoms with Crippen molar-refractivity contribution in [2.75, 3.05) is 56.1 Å². The predicted octanol–water partition coefficient (Wildman–Crippen LogP) is 5.18. The van der Waals surface area contributed by atoms with Crippen molar-refractivity contribution in [3.8, 4) is 11.4 Å². The molecule has 15 heteroatoms. The quantitative estimate of drug-likeness (QED) is 0.351. The predicted molar refractivity (Wildman–Crippen MR) is 191 cm³/mol. The van der Waals surface area contributed by atoms with E-state index >= 15 is 0 Å². The van der Waals surface area contributed by atoms with Gasteiger partial charge in [0.15, 0.2) is 11.5 Å². The lowest BCUT2D eigenvalue weighted by molar-refractivity contribution is 0.0201. The van der Waals surface area contributed by atoms with E-state index in [9.17, 15) is 14.4 Å². The number of nitrogens with one attached hydrogen (secondary N) is 2. The summed E-state index contributed by atoms with van der Waals surface area (Å²) in [6, 6.07) is 7.29. The summed E-state index contributed by atoms with van der Waals surface area (Å²) in [5.74, 6) is 1.43. The van der Waals surface area contributed by atoms with Crippen molar-refractivity contribution in [1.29, 1.82) is 0 Å². The fourth-order valence-electron chi connectivity index (χ4n) is 7.43. The van der Waals surface area contributed by atoms with E-state index in [2.05, 4.69) is 15.5 Å². The molecule has 2 unspecified atom stereocenters. The Morgan fingerprint density at radius 3 is 2.18 bits per heavy atom. The number of carbonyl (C=O) groups excluding carboxylic acids is 3. The van der Waals surface area contributed by atoms with Crippen LogP contribution >= 0.6 is 0 Å². The highest BCUT2D eigenvalue weighted by Crippen LogP contribution is 2.35. The van der Waals surface area contributed by atoms with E-state index < -0.39 is 5.60 Å². The van der Waals surface area contributed by atoms with Crippen LogP contribution in [-0.2, 0) is 14.2 Å². The lowest BCUT2D eigenvalue weighted by Gasteiger charge is -2.33. The monoisotopic (exact) mass is 703 g/mol. The Morgan fingerprint density at radius 1 is 0.882 bits per heavy atom. The molecular formula is C36H49N9O6. The fraction of sp³-hybridized carbons (Fsp3) is 0.611. The molecule has 0 aliphatic carbocycles. The van der Waals surface area contributed by atoms with Gasteiger partial charge in [-0.1, -0.05) is 0 Å². The molecule has 15 nitrogen and oxygen atoms in total. The number of carbonyl (C=O) groups is 3. The molecule has 3 aromatic rings. The van der Waals surface area contributed by atoms with E-state index in [1.165, 1.54) is 0 Å². The molecule has 0 spiro atoms. The van der Waals surface area contributed by atoms with E-state index in [0.717, 1.165) is 61.2 Å². The molecular weight excluding hydrogens is 654 g/mol. The van der Waals surface area contributed by atoms with Gasteiger partial charge in [0, 0.05) is 56.6 Å². The minimum Gasteiger partial charge on any atom is -0.450 e. The number of urea groups is 1. The van der Waals surface area contributed by atoms with Crippen LogP contribution in [0, 0.1) is 0 Å². The first-order valence-electron chi connectivity index (χ1n) is 18.3. The Hall–Kier alpha value is -4.66. The third-order valence-corrected chi connectivity index (χ3v) is 10.00. The number of aromatic nitrogens is 4. The Bertz CT molecular complexity index is 1710. The minimum absolute atomic E-state index is 0.0424. The van der Waals surface area contributed by atoms with E-state index in [0.29, 0.717) is 57.1 Å². The van der Waals surface area contributed by atoms with Gasteiger partial charge in [-0.3, -0.25) is 0 Å². The maximum absolute atomic E-state index is 12.9. The third-order valence-electron chi connectivity index (χ3n) is 10.00. The fourth-order valence-corrected chi connectivity index (χ4v) is 7.43. The topological polar surface area (TPSA) is 156 Å². The molecule has 4 fully saturated rings. The first-order valence-corrected chi connectivity index (χ1v) is 18.3. The van der Waals surface area contributed by atoms with Gasteiger partial charge in [0.2, 0.25) is 0 Å². The number of piperidine rings is 2. The maximum Gasteiger partial charge on any atom is 0.410 e. The normalized spacial score (nSPS) is 21.5. The molecule has 0 saturated carbocycles. The number of hydrogen-bond donors (Lipinski definition) is 2. The molecule has 0 radical (unpaired) electrons. The number of rotatable bonds is 6. The number of fused-ring (bicyclic) bond motifs is 3. The molecule has 4 amide bonds. The van der Waals surface area contributed by atoms with E-state index in [1.54, 1.807) is 9.80 Å². The summed E-state index contributed by atoms with van der Waals surface area (Å²) in [4.78, 5) is 53.6. The minimum atomic E-state index is -0.542. The Kier molecular flexibility index (Phi) is 9.90. The summed E-state index contributed by atoms with van der Waals surface area (Å²) in [5, 5.41) is 11.7. The zero-order valence-corrected chi connectivity index (χ0v) is 30.0. The third kappa shape index (κ3) is 7.97. The van der Waals surface area contributed by atoms with Gasteiger partial charge in [0.1, 0.15) is 11.4 Å². The Morgan fingerprint density at radius 2 is 1.53 bits per heavy atom. The number of anilines is 2. The molecule has 4 aliphatic heterocycles. The van der Waals surface area contributed by atoms with Gasteiger partial charge in [-0.2, -0.15) is 5.10 Å². The smallest absolute Gasteiger partial charge is 0.410 e. The van der Waals surface area contributed by atoms with Gasteiger partial charge in [-0.15, -0.1) is 0 Å². The molecule has 2 aromatic heterocycles. The van der Waals surface area contributed by atoms with Crippen LogP contribution in [0.15, 0.2) is 30.5 Å². The highest BCUT2D eigenvalue weighted by Gasteiger charge is 2.36. The second-order valence-corrected chi connectivity index (χ2v) is 14.9. The van der Waals surface area contributed by atoms with Crippen molar-refractivity contribution < 1.29 is 28.6 Å². The second-order valence-electron chi connectivity index (χ2n) is 14.9. The number of morpholine rings is 1. The van der Waals surface area contributed by atoms with Crippen LogP contribution in [0.5, 0.6) is 0 Å². The Balaban J connectivity index is 1.05. The highest BCUT2D eigenvalue weighted by molar-refractivity contribution is 5.91. The van der Waals surface area contributed by atoms with Crippen molar-refractivity contribution in [1.82, 2.24) is 34.9 Å². The highest BCUT2D eigenvalue weighted by atomic mass is 16.6. The lowest BCUT2D eigenvalue weighted by atomic mass is 10.1. The summed E-state index contributed by atoms with van der Waals surface area (Å²) in [6.07, 6.45) is 6.55. The zero-order chi connectivity index (χ0) is 35.7. The van der Waals surface area contributed by atoms with Crippen LogP contribution in [0.2, 0.25) is 0 Å². The molecule has 4 saturated heterocycles. The van der Waals surface area contributed by atoms with Crippen molar-refractivity contribution in [3.05, 3.63) is 30.5 Å². The first kappa shape index (κ1) is 34.8. The van der Waals surface area contributed by atoms with E-state index in [4.69, 9.17) is 29.3 Å². The van der Waals surface area contributed by atoms with Gasteiger partial charge < -0.3 is 39.5 Å². The second kappa shape index (κ2) is 14.5. The van der Waals surface area contributed by atoms with E-state index in [-0.39, 0.29) is 42.5 Å². The summed E-state index contributed by atoms with van der Waals surface area (Å²) < 4.78 is 18.8. The molecule has 1 aromatic carbocycles. The van der Waals surface area contributed by atoms with Crippen LogP contribution in [0.4, 0.5) is 25.9 Å². The molecule has 7 rings (SSSR count). The maximum atomic E-state index is 12.9. The Labute approximate surface area is 298 Å². The molecule has 2 N–H and O–H groups in total. The van der Waals surface area contributed by atoms with Crippen molar-refractivity contribution in [2.24, 2.45) is 0 Å². The van der Waals surface area contributed by atoms with Crippen LogP contribution < -0.4 is 15.5 Å². The number of likely N-dealkylation sites (tertiary alicyclic amines) is 2. The van der Waals surface area contributed by atoms with Crippen molar-refractivity contribution in [2.45, 2.75) is 96.1 Å². The SMILES string of the molecule is CCOC(=O)N1CCC(n2ncc3c(N4CC5CCC(C4)O5)nc(-c4ccc(NC(=O)NC5CCN(C(=O)OC(C)(C)C)CC5)cc4)nc32)CC1. The summed E-state index contributed by atoms with van der Waals surface area (Å²) in [5.41, 5.74) is 1.69. The molecule has 6 heterocycles. The molecule has 51 heavy (non-hydrogen) atoms. The number of amides is 4. The van der Waals surface area contributed by atoms with Crippen LogP contribution in [0.3, 0.4) is 0 Å². The van der Waals surface area contributed by atoms with Crippen molar-refractivity contribution >= 4 is 40.8 Å². The van der Waals surface area contributed by atoms with Gasteiger partial charge in [0.05, 0.1) is 36.4 Å². The van der Waals surface area contributed by atoms with Gasteiger partial charge in [0.25, 0.3) is 0 Å². The standard InChI is InChI=1S/C36H49N9O6/c1-5-49-34(47)42-18-14-26(15-19-42)45-32-29(20-37-45)31(44-21-27-10-11-28(22-44)50-27)40-30(41-32)23-6-8-24(9-7-23)38-33(46)39-25-12-16-43(17-13-25)35(48)51-36(2,3)4/h6-9,20,25-28H,5,10-19,21-22H2,1-4H3,(H2,38,39,46). The summed E-state index contributed by atoms with van der Waals surface area (Å²) >= 11 is 0. The molecule has 2 atom stereocenters. The van der Waals surface area contributed by atoms with E-state index in [1.807, 2.05) is 62.8 Å².